The molecule has 0 aliphatic carbocycles. The van der Waals surface area contributed by atoms with Crippen molar-refractivity contribution in [1.82, 2.24) is 10.6 Å². The monoisotopic (exact) mass is 489 g/mol. The number of hydrogen-bond donors (Lipinski definition) is 3. The van der Waals surface area contributed by atoms with Gasteiger partial charge in [-0.1, -0.05) is 46.3 Å². The van der Waals surface area contributed by atoms with Gasteiger partial charge >= 0.3 is 6.09 Å². The highest BCUT2D eigenvalue weighted by Gasteiger charge is 2.16. The molecule has 0 radical (unpaired) electrons. The molecule has 0 aromatic heterocycles. The van der Waals surface area contributed by atoms with E-state index in [0.717, 1.165) is 15.6 Å². The van der Waals surface area contributed by atoms with E-state index in [-0.39, 0.29) is 31.2 Å². The second kappa shape index (κ2) is 11.5. The van der Waals surface area contributed by atoms with Crippen molar-refractivity contribution in [2.45, 2.75) is 45.8 Å². The summed E-state index contributed by atoms with van der Waals surface area (Å²) >= 11 is 3.44. The second-order valence-corrected chi connectivity index (χ2v) is 8.83. The maximum atomic E-state index is 12.2. The zero-order valence-electron chi connectivity index (χ0n) is 18.0. The topological polar surface area (TPSA) is 96.5 Å². The lowest BCUT2D eigenvalue weighted by molar-refractivity contribution is -0.120. The van der Waals surface area contributed by atoms with E-state index in [2.05, 4.69) is 31.9 Å². The van der Waals surface area contributed by atoms with Gasteiger partial charge in [-0.3, -0.25) is 9.59 Å². The molecule has 0 aliphatic rings. The fourth-order valence-corrected chi connectivity index (χ4v) is 3.08. The van der Waals surface area contributed by atoms with Crippen molar-refractivity contribution in [2.24, 2.45) is 0 Å². The number of alkyl carbamates (subject to hydrolysis) is 1. The van der Waals surface area contributed by atoms with Gasteiger partial charge in [0.25, 0.3) is 0 Å². The summed E-state index contributed by atoms with van der Waals surface area (Å²) in [5.41, 5.74) is 1.82. The zero-order valence-corrected chi connectivity index (χ0v) is 19.5. The fraction of sp³-hybridized carbons (Fsp3) is 0.348. The number of anilines is 1. The van der Waals surface area contributed by atoms with Crippen molar-refractivity contribution in [3.63, 3.8) is 0 Å². The number of ether oxygens (including phenoxy) is 1. The summed E-state index contributed by atoms with van der Waals surface area (Å²) in [7, 11) is 0. The van der Waals surface area contributed by atoms with Crippen LogP contribution in [0.5, 0.6) is 0 Å². The number of hydrogen-bond acceptors (Lipinski definition) is 4. The first kappa shape index (κ1) is 24.4. The van der Waals surface area contributed by atoms with E-state index >= 15 is 0 Å². The predicted molar refractivity (Wildman–Crippen MR) is 124 cm³/mol. The van der Waals surface area contributed by atoms with Gasteiger partial charge < -0.3 is 20.7 Å². The largest absolute Gasteiger partial charge is 0.444 e. The van der Waals surface area contributed by atoms with Crippen LogP contribution in [0, 0.1) is 0 Å². The zero-order chi connectivity index (χ0) is 22.9. The molecule has 166 valence electrons. The number of nitrogens with one attached hydrogen (secondary N) is 3. The van der Waals surface area contributed by atoms with Crippen LogP contribution in [-0.4, -0.2) is 30.1 Å². The lowest BCUT2D eigenvalue weighted by Crippen LogP contribution is -2.34. The first-order valence-electron chi connectivity index (χ1n) is 9.98. The van der Waals surface area contributed by atoms with Crippen LogP contribution in [0.2, 0.25) is 0 Å². The van der Waals surface area contributed by atoms with Crippen LogP contribution in [-0.2, 0) is 27.3 Å². The first-order chi connectivity index (χ1) is 14.6. The molecule has 8 heteroatoms. The van der Waals surface area contributed by atoms with Gasteiger partial charge in [-0.2, -0.15) is 0 Å². The van der Waals surface area contributed by atoms with Gasteiger partial charge in [-0.05, 0) is 50.1 Å². The van der Waals surface area contributed by atoms with Gasteiger partial charge in [0.15, 0.2) is 0 Å². The van der Waals surface area contributed by atoms with Crippen molar-refractivity contribution in [2.75, 3.05) is 11.9 Å². The minimum absolute atomic E-state index is 0.0884. The lowest BCUT2D eigenvalue weighted by Gasteiger charge is -2.19. The summed E-state index contributed by atoms with van der Waals surface area (Å²) in [5, 5.41) is 8.23. The molecule has 3 amide bonds. The number of halogens is 1. The summed E-state index contributed by atoms with van der Waals surface area (Å²) < 4.78 is 6.02. The van der Waals surface area contributed by atoms with Gasteiger partial charge in [0.05, 0.1) is 6.42 Å². The Morgan fingerprint density at radius 1 is 0.968 bits per heavy atom. The van der Waals surface area contributed by atoms with Crippen LogP contribution in [0.15, 0.2) is 53.0 Å². The maximum Gasteiger partial charge on any atom is 0.407 e. The first-order valence-corrected chi connectivity index (χ1v) is 10.8. The molecule has 0 bridgehead atoms. The van der Waals surface area contributed by atoms with Gasteiger partial charge in [0.2, 0.25) is 11.8 Å². The van der Waals surface area contributed by atoms with Crippen LogP contribution < -0.4 is 16.0 Å². The van der Waals surface area contributed by atoms with Gasteiger partial charge in [-0.15, -0.1) is 0 Å². The van der Waals surface area contributed by atoms with Crippen molar-refractivity contribution in [1.29, 1.82) is 0 Å². The molecule has 0 fully saturated rings. The molecular weight excluding hydrogens is 462 g/mol. The molecule has 2 rings (SSSR count). The molecule has 31 heavy (non-hydrogen) atoms. The maximum absolute atomic E-state index is 12.2. The molecule has 0 saturated heterocycles. The summed E-state index contributed by atoms with van der Waals surface area (Å²) in [4.78, 5) is 35.9. The summed E-state index contributed by atoms with van der Waals surface area (Å²) in [5.74, 6) is -0.319. The normalized spacial score (nSPS) is 10.8. The highest BCUT2D eigenvalue weighted by molar-refractivity contribution is 9.10. The average Bonchev–Trinajstić information content (AvgIpc) is 2.67. The molecule has 0 unspecified atom stereocenters. The highest BCUT2D eigenvalue weighted by atomic mass is 79.9. The third-order valence-electron chi connectivity index (χ3n) is 4.03. The van der Waals surface area contributed by atoms with Crippen LogP contribution in [0.1, 0.15) is 38.3 Å². The molecule has 3 N–H and O–H groups in total. The van der Waals surface area contributed by atoms with Crippen molar-refractivity contribution < 1.29 is 19.1 Å². The molecule has 0 saturated carbocycles. The fourth-order valence-electron chi connectivity index (χ4n) is 2.65. The number of carbonyl (C=O) groups is 3. The SMILES string of the molecule is CC(C)(C)OC(=O)NCCC(=O)Nc1cccc(CNC(=O)Cc2ccccc2Br)c1. The molecule has 0 spiro atoms. The number of carbonyl (C=O) groups excluding carboxylic acids is 3. The van der Waals surface area contributed by atoms with E-state index in [0.29, 0.717) is 12.2 Å². The predicted octanol–water partition coefficient (Wildman–Crippen LogP) is 4.16. The molecule has 2 aromatic carbocycles. The van der Waals surface area contributed by atoms with Crippen molar-refractivity contribution in [3.8, 4) is 0 Å². The van der Waals surface area contributed by atoms with E-state index in [1.54, 1.807) is 32.9 Å². The second-order valence-electron chi connectivity index (χ2n) is 7.97. The molecular formula is C23H28BrN3O4. The number of amides is 3. The van der Waals surface area contributed by atoms with Crippen LogP contribution in [0.4, 0.5) is 10.5 Å². The minimum Gasteiger partial charge on any atom is -0.444 e. The Bertz CT molecular complexity index is 925. The van der Waals surface area contributed by atoms with Gasteiger partial charge in [0.1, 0.15) is 5.60 Å². The molecule has 0 atom stereocenters. The van der Waals surface area contributed by atoms with E-state index in [1.807, 2.05) is 36.4 Å². The van der Waals surface area contributed by atoms with E-state index in [4.69, 9.17) is 4.74 Å². The van der Waals surface area contributed by atoms with Crippen LogP contribution >= 0.6 is 15.9 Å². The third-order valence-corrected chi connectivity index (χ3v) is 4.80. The van der Waals surface area contributed by atoms with Gasteiger partial charge in [-0.25, -0.2) is 4.79 Å². The van der Waals surface area contributed by atoms with E-state index in [1.165, 1.54) is 0 Å². The molecule has 0 aliphatic heterocycles. The van der Waals surface area contributed by atoms with E-state index in [9.17, 15) is 14.4 Å². The number of rotatable bonds is 8. The quantitative estimate of drug-likeness (QED) is 0.518. The summed E-state index contributed by atoms with van der Waals surface area (Å²) in [6.07, 6.45) is -0.158. The Morgan fingerprint density at radius 3 is 2.42 bits per heavy atom. The Balaban J connectivity index is 1.77. The smallest absolute Gasteiger partial charge is 0.407 e. The molecule has 0 heterocycles. The van der Waals surface area contributed by atoms with Crippen molar-refractivity contribution >= 4 is 39.5 Å². The van der Waals surface area contributed by atoms with Crippen LogP contribution in [0.25, 0.3) is 0 Å². The summed E-state index contributed by atoms with van der Waals surface area (Å²) in [6.45, 7) is 5.85. The van der Waals surface area contributed by atoms with Crippen LogP contribution in [0.3, 0.4) is 0 Å². The Hall–Kier alpha value is -2.87. The van der Waals surface area contributed by atoms with E-state index < -0.39 is 11.7 Å². The Morgan fingerprint density at radius 2 is 1.71 bits per heavy atom. The van der Waals surface area contributed by atoms with Gasteiger partial charge in [0, 0.05) is 29.7 Å². The summed E-state index contributed by atoms with van der Waals surface area (Å²) in [6, 6.07) is 14.8. The van der Waals surface area contributed by atoms with Crippen molar-refractivity contribution in [3.05, 3.63) is 64.1 Å². The third kappa shape index (κ3) is 9.65. The highest BCUT2D eigenvalue weighted by Crippen LogP contribution is 2.16. The Kier molecular flexibility index (Phi) is 9.05. The number of benzene rings is 2. The molecule has 7 nitrogen and oxygen atoms in total. The minimum atomic E-state index is -0.584. The standard InChI is InChI=1S/C23H28BrN3O4/c1-23(2,3)31-22(30)25-12-11-20(28)27-18-9-6-7-16(13-18)15-26-21(29)14-17-8-4-5-10-19(17)24/h4-10,13H,11-12,14-15H2,1-3H3,(H,25,30)(H,26,29)(H,27,28). The average molecular weight is 490 g/mol. The molecule has 2 aromatic rings. The lowest BCUT2D eigenvalue weighted by atomic mass is 10.1. The Labute approximate surface area is 191 Å².